The van der Waals surface area contributed by atoms with Crippen LogP contribution < -0.4 is 15.2 Å². The average molecular weight is 335 g/mol. The molecule has 0 bridgehead atoms. The van der Waals surface area contributed by atoms with E-state index in [0.717, 1.165) is 11.8 Å². The van der Waals surface area contributed by atoms with E-state index in [4.69, 9.17) is 18.4 Å². The van der Waals surface area contributed by atoms with Crippen molar-refractivity contribution in [3.63, 3.8) is 0 Å². The molecule has 8 heteroatoms. The van der Waals surface area contributed by atoms with E-state index in [0.29, 0.717) is 31.1 Å². The molecule has 0 aliphatic carbocycles. The topological polar surface area (TPSA) is 97.1 Å². The second kappa shape index (κ2) is 11.2. The van der Waals surface area contributed by atoms with Gasteiger partial charge in [0.15, 0.2) is 11.5 Å². The monoisotopic (exact) mass is 335 g/mol. The number of ether oxygens (including phenoxy) is 3. The van der Waals surface area contributed by atoms with Crippen LogP contribution in [-0.4, -0.2) is 55.8 Å². The molecule has 0 saturated carbocycles. The Balaban J connectivity index is 0.00000211. The minimum Gasteiger partial charge on any atom is -0.493 e. The van der Waals surface area contributed by atoms with E-state index >= 15 is 0 Å². The van der Waals surface area contributed by atoms with Crippen LogP contribution in [0.4, 0.5) is 0 Å². The van der Waals surface area contributed by atoms with Crippen LogP contribution in [0.3, 0.4) is 0 Å². The summed E-state index contributed by atoms with van der Waals surface area (Å²) >= 11 is 0. The molecule has 2 N–H and O–H groups in total. The Kier molecular flexibility index (Phi) is 10.6. The van der Waals surface area contributed by atoms with E-state index < -0.39 is 10.1 Å². The zero-order valence-electron chi connectivity index (χ0n) is 13.5. The molecule has 7 nitrogen and oxygen atoms in total. The van der Waals surface area contributed by atoms with E-state index in [-0.39, 0.29) is 6.61 Å². The molecule has 0 unspecified atom stereocenters. The summed E-state index contributed by atoms with van der Waals surface area (Å²) in [5, 5.41) is 0. The van der Waals surface area contributed by atoms with Crippen LogP contribution in [0, 0.1) is 0 Å². The molecule has 22 heavy (non-hydrogen) atoms. The highest BCUT2D eigenvalue weighted by molar-refractivity contribution is 7.85. The van der Waals surface area contributed by atoms with Crippen LogP contribution >= 0.6 is 0 Å². The molecule has 1 aromatic carbocycles. The van der Waals surface area contributed by atoms with Crippen molar-refractivity contribution < 1.29 is 26.8 Å². The molecular weight excluding hydrogens is 310 g/mol. The normalized spacial score (nSPS) is 10.6. The van der Waals surface area contributed by atoms with Crippen molar-refractivity contribution in [2.45, 2.75) is 6.42 Å². The summed E-state index contributed by atoms with van der Waals surface area (Å²) in [6.07, 6.45) is 1.50. The molecule has 0 aliphatic rings. The molecule has 0 radical (unpaired) electrons. The molecule has 0 atom stereocenters. The molecule has 0 saturated heterocycles. The third-order valence-corrected chi connectivity index (χ3v) is 3.06. The van der Waals surface area contributed by atoms with Crippen molar-refractivity contribution >= 4 is 10.1 Å². The number of nitrogens with two attached hydrogens (primary N) is 1. The maximum absolute atomic E-state index is 10.9. The van der Waals surface area contributed by atoms with Gasteiger partial charge in [-0.15, -0.1) is 0 Å². The maximum atomic E-state index is 10.9. The number of hydrogen-bond acceptors (Lipinski definition) is 7. The first kappa shape index (κ1) is 20.6. The lowest BCUT2D eigenvalue weighted by Crippen LogP contribution is -2.07. The zero-order chi connectivity index (χ0) is 17.0. The van der Waals surface area contributed by atoms with Crippen molar-refractivity contribution in [2.75, 3.05) is 47.3 Å². The lowest BCUT2D eigenvalue weighted by atomic mass is 10.1. The maximum Gasteiger partial charge on any atom is 0.264 e. The van der Waals surface area contributed by atoms with Crippen molar-refractivity contribution in [3.8, 4) is 11.5 Å². The van der Waals surface area contributed by atoms with Gasteiger partial charge in [0.25, 0.3) is 10.1 Å². The first-order chi connectivity index (χ1) is 10.5. The Morgan fingerprint density at radius 3 is 2.27 bits per heavy atom. The Labute approximate surface area is 132 Å². The minimum atomic E-state index is -3.40. The second-order valence-corrected chi connectivity index (χ2v) is 5.75. The van der Waals surface area contributed by atoms with Crippen molar-refractivity contribution in [3.05, 3.63) is 23.8 Å². The summed E-state index contributed by atoms with van der Waals surface area (Å²) in [7, 11) is 1.25. The van der Waals surface area contributed by atoms with Gasteiger partial charge >= 0.3 is 0 Å². The SMILES string of the molecule is CN.COCCOc1ccc(CCOS(C)(=O)=O)cc1OC. The van der Waals surface area contributed by atoms with Crippen LogP contribution in [-0.2, 0) is 25.5 Å². The molecule has 0 aliphatic heterocycles. The third kappa shape index (κ3) is 8.83. The van der Waals surface area contributed by atoms with Gasteiger partial charge in [-0.25, -0.2) is 0 Å². The average Bonchev–Trinajstić information content (AvgIpc) is 2.49. The number of methoxy groups -OCH3 is 2. The highest BCUT2D eigenvalue weighted by Crippen LogP contribution is 2.28. The minimum absolute atomic E-state index is 0.103. The van der Waals surface area contributed by atoms with E-state index in [1.54, 1.807) is 26.4 Å². The summed E-state index contributed by atoms with van der Waals surface area (Å²) in [5.41, 5.74) is 5.41. The molecule has 0 aromatic heterocycles. The van der Waals surface area contributed by atoms with E-state index in [1.165, 1.54) is 7.05 Å². The largest absolute Gasteiger partial charge is 0.493 e. The van der Waals surface area contributed by atoms with Gasteiger partial charge < -0.3 is 19.9 Å². The Morgan fingerprint density at radius 2 is 1.73 bits per heavy atom. The third-order valence-electron chi connectivity index (χ3n) is 2.46. The first-order valence-corrected chi connectivity index (χ1v) is 8.48. The quantitative estimate of drug-likeness (QED) is 0.527. The van der Waals surface area contributed by atoms with Gasteiger partial charge in [-0.3, -0.25) is 4.18 Å². The predicted molar refractivity (Wildman–Crippen MR) is 85.0 cm³/mol. The first-order valence-electron chi connectivity index (χ1n) is 6.67. The summed E-state index contributed by atoms with van der Waals surface area (Å²) in [4.78, 5) is 0. The zero-order valence-corrected chi connectivity index (χ0v) is 14.3. The van der Waals surface area contributed by atoms with Gasteiger partial charge in [-0.1, -0.05) is 6.07 Å². The number of rotatable bonds is 9. The number of benzene rings is 1. The van der Waals surface area contributed by atoms with Crippen LogP contribution in [0.25, 0.3) is 0 Å². The molecule has 0 spiro atoms. The summed E-state index contributed by atoms with van der Waals surface area (Å²) in [6, 6.07) is 5.42. The Hall–Kier alpha value is -1.35. The van der Waals surface area contributed by atoms with Gasteiger partial charge in [0.05, 0.1) is 26.6 Å². The summed E-state index contributed by atoms with van der Waals surface area (Å²) in [5.74, 6) is 1.22. The summed E-state index contributed by atoms with van der Waals surface area (Å²) < 4.78 is 42.1. The predicted octanol–water partition coefficient (Wildman–Crippen LogP) is 0.814. The van der Waals surface area contributed by atoms with Crippen LogP contribution in [0.5, 0.6) is 11.5 Å². The molecule has 0 fully saturated rings. The fourth-order valence-corrected chi connectivity index (χ4v) is 1.92. The summed E-state index contributed by atoms with van der Waals surface area (Å²) in [6.45, 7) is 1.03. The highest BCUT2D eigenvalue weighted by atomic mass is 32.2. The fraction of sp³-hybridized carbons (Fsp3) is 0.571. The van der Waals surface area contributed by atoms with Gasteiger partial charge in [-0.2, -0.15) is 8.42 Å². The van der Waals surface area contributed by atoms with Crippen molar-refractivity contribution in [2.24, 2.45) is 5.73 Å². The highest BCUT2D eigenvalue weighted by Gasteiger charge is 2.07. The molecule has 0 heterocycles. The van der Waals surface area contributed by atoms with Crippen molar-refractivity contribution in [1.29, 1.82) is 0 Å². The second-order valence-electron chi connectivity index (χ2n) is 4.10. The molecule has 128 valence electrons. The number of hydrogen-bond donors (Lipinski definition) is 1. The van der Waals surface area contributed by atoms with Crippen molar-refractivity contribution in [1.82, 2.24) is 0 Å². The van der Waals surface area contributed by atoms with E-state index in [1.807, 2.05) is 6.07 Å². The Bertz CT molecular complexity index is 518. The fourth-order valence-electron chi connectivity index (χ4n) is 1.53. The van der Waals surface area contributed by atoms with Crippen LogP contribution in [0.1, 0.15) is 5.56 Å². The lowest BCUT2D eigenvalue weighted by molar-refractivity contribution is 0.144. The molecule has 1 aromatic rings. The van der Waals surface area contributed by atoms with Crippen LogP contribution in [0.15, 0.2) is 18.2 Å². The molecule has 0 amide bonds. The smallest absolute Gasteiger partial charge is 0.264 e. The van der Waals surface area contributed by atoms with E-state index in [9.17, 15) is 8.42 Å². The van der Waals surface area contributed by atoms with Gasteiger partial charge in [0.2, 0.25) is 0 Å². The molecular formula is C14H25NO6S. The van der Waals surface area contributed by atoms with Crippen LogP contribution in [0.2, 0.25) is 0 Å². The lowest BCUT2D eigenvalue weighted by Gasteiger charge is -2.12. The van der Waals surface area contributed by atoms with Gasteiger partial charge in [-0.05, 0) is 31.2 Å². The Morgan fingerprint density at radius 1 is 1.05 bits per heavy atom. The molecule has 1 rings (SSSR count). The van der Waals surface area contributed by atoms with Gasteiger partial charge in [0, 0.05) is 7.11 Å². The standard InChI is InChI=1S/C13H20O6S.CH5N/c1-16-8-9-18-12-5-4-11(10-13(12)17-2)6-7-19-20(3,14)15;1-2/h4-5,10H,6-9H2,1-3H3;2H2,1H3. The van der Waals surface area contributed by atoms with Gasteiger partial charge in [0.1, 0.15) is 6.61 Å². The van der Waals surface area contributed by atoms with E-state index in [2.05, 4.69) is 5.73 Å².